The van der Waals surface area contributed by atoms with Crippen LogP contribution >= 0.6 is 0 Å². The summed E-state index contributed by atoms with van der Waals surface area (Å²) in [6.45, 7) is 5.95. The van der Waals surface area contributed by atoms with Crippen molar-refractivity contribution in [2.45, 2.75) is 51.3 Å². The molecule has 2 unspecified atom stereocenters. The van der Waals surface area contributed by atoms with E-state index in [9.17, 15) is 5.11 Å². The number of hydrogen-bond acceptors (Lipinski definition) is 4. The third-order valence-electron chi connectivity index (χ3n) is 3.84. The number of likely N-dealkylation sites (tertiary alicyclic amines) is 1. The summed E-state index contributed by atoms with van der Waals surface area (Å²) in [5.41, 5.74) is -0.619. The van der Waals surface area contributed by atoms with Crippen LogP contribution in [0.4, 0.5) is 0 Å². The van der Waals surface area contributed by atoms with Gasteiger partial charge in [0.05, 0.1) is 5.60 Å². The molecule has 5 nitrogen and oxygen atoms in total. The molecule has 0 radical (unpaired) electrons. The summed E-state index contributed by atoms with van der Waals surface area (Å²) in [6, 6.07) is 0.423. The molecule has 0 spiro atoms. The zero-order chi connectivity index (χ0) is 12.5. The maximum absolute atomic E-state index is 10.6. The Kier molecular flexibility index (Phi) is 3.49. The first kappa shape index (κ1) is 12.5. The molecule has 1 aliphatic heterocycles. The zero-order valence-corrected chi connectivity index (χ0v) is 10.9. The largest absolute Gasteiger partial charge is 0.389 e. The van der Waals surface area contributed by atoms with Gasteiger partial charge in [-0.2, -0.15) is 5.10 Å². The van der Waals surface area contributed by atoms with Crippen LogP contribution in [0.5, 0.6) is 0 Å². The first-order chi connectivity index (χ1) is 8.04. The monoisotopic (exact) mass is 238 g/mol. The SMILES string of the molecule is CCn1ncnc1CC1(O)CCN(C)C(C)C1. The molecule has 2 atom stereocenters. The minimum atomic E-state index is -0.619. The zero-order valence-electron chi connectivity index (χ0n) is 10.9. The van der Waals surface area contributed by atoms with Gasteiger partial charge in [0.1, 0.15) is 12.2 Å². The van der Waals surface area contributed by atoms with E-state index in [1.54, 1.807) is 6.33 Å². The van der Waals surface area contributed by atoms with Crippen molar-refractivity contribution in [1.82, 2.24) is 19.7 Å². The van der Waals surface area contributed by atoms with Gasteiger partial charge < -0.3 is 10.0 Å². The molecular weight excluding hydrogens is 216 g/mol. The normalized spacial score (nSPS) is 30.7. The number of aromatic nitrogens is 3. The molecule has 1 fully saturated rings. The first-order valence-electron chi connectivity index (χ1n) is 6.33. The highest BCUT2D eigenvalue weighted by Gasteiger charge is 2.36. The molecule has 2 heterocycles. The van der Waals surface area contributed by atoms with Crippen molar-refractivity contribution >= 4 is 0 Å². The highest BCUT2D eigenvalue weighted by atomic mass is 16.3. The van der Waals surface area contributed by atoms with Crippen molar-refractivity contribution < 1.29 is 5.11 Å². The number of rotatable bonds is 3. The molecule has 1 N–H and O–H groups in total. The topological polar surface area (TPSA) is 54.2 Å². The standard InChI is InChI=1S/C12H22N4O/c1-4-16-11(13-9-14-16)8-12(17)5-6-15(3)10(2)7-12/h9-10,17H,4-8H2,1-3H3. The summed E-state index contributed by atoms with van der Waals surface area (Å²) in [6.07, 6.45) is 3.80. The fourth-order valence-electron chi connectivity index (χ4n) is 2.56. The van der Waals surface area contributed by atoms with Gasteiger partial charge in [-0.15, -0.1) is 0 Å². The third kappa shape index (κ3) is 2.66. The molecule has 0 amide bonds. The Balaban J connectivity index is 2.07. The predicted molar refractivity (Wildman–Crippen MR) is 65.7 cm³/mol. The van der Waals surface area contributed by atoms with Crippen molar-refractivity contribution in [2.75, 3.05) is 13.6 Å². The van der Waals surface area contributed by atoms with Gasteiger partial charge in [-0.3, -0.25) is 4.68 Å². The van der Waals surface area contributed by atoms with E-state index < -0.39 is 5.60 Å². The number of hydrogen-bond donors (Lipinski definition) is 1. The van der Waals surface area contributed by atoms with Crippen molar-refractivity contribution in [2.24, 2.45) is 0 Å². The second-order valence-electron chi connectivity index (χ2n) is 5.18. The Morgan fingerprint density at radius 1 is 1.59 bits per heavy atom. The van der Waals surface area contributed by atoms with Crippen LogP contribution in [0.1, 0.15) is 32.5 Å². The molecule has 5 heteroatoms. The molecule has 0 saturated carbocycles. The minimum absolute atomic E-state index is 0.423. The number of aryl methyl sites for hydroxylation is 1. The second kappa shape index (κ2) is 4.74. The van der Waals surface area contributed by atoms with E-state index in [0.717, 1.165) is 31.8 Å². The Morgan fingerprint density at radius 3 is 3.00 bits per heavy atom. The lowest BCUT2D eigenvalue weighted by Crippen LogP contribution is -2.49. The first-order valence-corrected chi connectivity index (χ1v) is 6.33. The fraction of sp³-hybridized carbons (Fsp3) is 0.833. The summed E-state index contributed by atoms with van der Waals surface area (Å²) < 4.78 is 1.86. The molecule has 0 aromatic carbocycles. The van der Waals surface area contributed by atoms with Crippen LogP contribution in [-0.2, 0) is 13.0 Å². The van der Waals surface area contributed by atoms with Gasteiger partial charge in [0.2, 0.25) is 0 Å². The number of aliphatic hydroxyl groups is 1. The highest BCUT2D eigenvalue weighted by Crippen LogP contribution is 2.28. The summed E-state index contributed by atoms with van der Waals surface area (Å²) in [5.74, 6) is 0.895. The summed E-state index contributed by atoms with van der Waals surface area (Å²) in [7, 11) is 2.11. The van der Waals surface area contributed by atoms with E-state index in [4.69, 9.17) is 0 Å². The second-order valence-corrected chi connectivity index (χ2v) is 5.18. The number of nitrogens with zero attached hydrogens (tertiary/aromatic N) is 4. The van der Waals surface area contributed by atoms with Gasteiger partial charge >= 0.3 is 0 Å². The van der Waals surface area contributed by atoms with Gasteiger partial charge in [-0.05, 0) is 33.7 Å². The summed E-state index contributed by atoms with van der Waals surface area (Å²) >= 11 is 0. The lowest BCUT2D eigenvalue weighted by atomic mass is 9.84. The van der Waals surface area contributed by atoms with Gasteiger partial charge in [-0.25, -0.2) is 4.98 Å². The maximum Gasteiger partial charge on any atom is 0.138 e. The van der Waals surface area contributed by atoms with Gasteiger partial charge in [-0.1, -0.05) is 0 Å². The van der Waals surface area contributed by atoms with Crippen LogP contribution in [0.25, 0.3) is 0 Å². The van der Waals surface area contributed by atoms with Crippen LogP contribution in [-0.4, -0.2) is 50.0 Å². The fourth-order valence-corrected chi connectivity index (χ4v) is 2.56. The maximum atomic E-state index is 10.6. The molecular formula is C12H22N4O. The van der Waals surface area contributed by atoms with E-state index in [1.807, 2.05) is 11.6 Å². The van der Waals surface area contributed by atoms with Gasteiger partial charge in [0.25, 0.3) is 0 Å². The molecule has 1 saturated heterocycles. The Bertz CT molecular complexity index is 378. The van der Waals surface area contributed by atoms with Gasteiger partial charge in [0, 0.05) is 25.6 Å². The average Bonchev–Trinajstić information content (AvgIpc) is 2.71. The van der Waals surface area contributed by atoms with Crippen LogP contribution in [0.2, 0.25) is 0 Å². The van der Waals surface area contributed by atoms with E-state index in [2.05, 4.69) is 29.0 Å². The van der Waals surface area contributed by atoms with Crippen LogP contribution < -0.4 is 0 Å². The predicted octanol–water partition coefficient (Wildman–Crippen LogP) is 0.686. The smallest absolute Gasteiger partial charge is 0.138 e. The van der Waals surface area contributed by atoms with Crippen LogP contribution in [0, 0.1) is 0 Å². The van der Waals surface area contributed by atoms with Crippen molar-refractivity contribution in [3.05, 3.63) is 12.2 Å². The van der Waals surface area contributed by atoms with Crippen LogP contribution in [0.3, 0.4) is 0 Å². The molecule has 1 aromatic rings. The Labute approximate surface area is 102 Å². The van der Waals surface area contributed by atoms with Crippen molar-refractivity contribution in [1.29, 1.82) is 0 Å². The molecule has 1 aliphatic rings. The summed E-state index contributed by atoms with van der Waals surface area (Å²) in [5, 5.41) is 14.8. The lowest BCUT2D eigenvalue weighted by molar-refractivity contribution is -0.0372. The third-order valence-corrected chi connectivity index (χ3v) is 3.84. The molecule has 17 heavy (non-hydrogen) atoms. The highest BCUT2D eigenvalue weighted by molar-refractivity contribution is 4.98. The minimum Gasteiger partial charge on any atom is -0.389 e. The average molecular weight is 238 g/mol. The molecule has 96 valence electrons. The Hall–Kier alpha value is -0.940. The quantitative estimate of drug-likeness (QED) is 0.841. The lowest BCUT2D eigenvalue weighted by Gasteiger charge is -2.40. The van der Waals surface area contributed by atoms with E-state index in [0.29, 0.717) is 12.5 Å². The molecule has 0 aliphatic carbocycles. The molecule has 0 bridgehead atoms. The van der Waals surface area contributed by atoms with E-state index in [-0.39, 0.29) is 0 Å². The Morgan fingerprint density at radius 2 is 2.35 bits per heavy atom. The molecule has 2 rings (SSSR count). The molecule has 1 aromatic heterocycles. The summed E-state index contributed by atoms with van der Waals surface area (Å²) in [4.78, 5) is 6.54. The van der Waals surface area contributed by atoms with Gasteiger partial charge in [0.15, 0.2) is 0 Å². The number of piperidine rings is 1. The van der Waals surface area contributed by atoms with E-state index >= 15 is 0 Å². The van der Waals surface area contributed by atoms with Crippen LogP contribution in [0.15, 0.2) is 6.33 Å². The van der Waals surface area contributed by atoms with Crippen molar-refractivity contribution in [3.8, 4) is 0 Å². The van der Waals surface area contributed by atoms with Crippen molar-refractivity contribution in [3.63, 3.8) is 0 Å². The van der Waals surface area contributed by atoms with E-state index in [1.165, 1.54) is 0 Å².